The molecule has 0 saturated heterocycles. The minimum absolute atomic E-state index is 0.0666. The number of aliphatic hydroxyl groups excluding tert-OH is 2. The van der Waals surface area contributed by atoms with Crippen LogP contribution in [0.1, 0.15) is 17.5 Å². The number of aryl methyl sites for hydroxylation is 2. The minimum Gasteiger partial charge on any atom is -0.396 e. The highest BCUT2D eigenvalue weighted by Crippen LogP contribution is 2.47. The summed E-state index contributed by atoms with van der Waals surface area (Å²) >= 11 is 0. The van der Waals surface area contributed by atoms with Crippen LogP contribution in [0.15, 0.2) is 70.5 Å². The molecule has 4 N–H and O–H groups in total. The number of aliphatic hydroxyl groups is 2. The average molecular weight is 499 g/mol. The largest absolute Gasteiger partial charge is 0.396 e. The first-order valence-corrected chi connectivity index (χ1v) is 13.2. The van der Waals surface area contributed by atoms with Gasteiger partial charge in [-0.2, -0.15) is 16.8 Å². The third-order valence-electron chi connectivity index (χ3n) is 5.86. The third-order valence-corrected chi connectivity index (χ3v) is 7.59. The molecule has 182 valence electrons. The summed E-state index contributed by atoms with van der Waals surface area (Å²) in [5, 5.41) is 18.1. The summed E-state index contributed by atoms with van der Waals surface area (Å²) in [4.78, 5) is -0.133. The highest BCUT2D eigenvalue weighted by Gasteiger charge is 2.43. The molecule has 4 rings (SSSR count). The lowest BCUT2D eigenvalue weighted by molar-refractivity contribution is 0.112. The molecule has 0 amide bonds. The SMILES string of the molecule is Cc1ccc(S(=O)(=O)O)cc1.Cc1ccc(S(=O)(=O)O)cc1.OCC1C2C=CC(C2)C1CO. The molecule has 10 heteroatoms. The number of fused-ring (bicyclic) bond motifs is 2. The van der Waals surface area contributed by atoms with Gasteiger partial charge >= 0.3 is 0 Å². The maximum Gasteiger partial charge on any atom is 0.294 e. The molecule has 4 unspecified atom stereocenters. The summed E-state index contributed by atoms with van der Waals surface area (Å²) in [5.41, 5.74) is 1.91. The van der Waals surface area contributed by atoms with Crippen LogP contribution in [0.2, 0.25) is 0 Å². The Balaban J connectivity index is 0.000000175. The predicted octanol–water partition coefficient (Wildman–Crippen LogP) is 2.89. The van der Waals surface area contributed by atoms with E-state index in [4.69, 9.17) is 19.3 Å². The van der Waals surface area contributed by atoms with Crippen molar-refractivity contribution in [3.63, 3.8) is 0 Å². The standard InChI is InChI=1S/C9H14O2.2C7H8O3S/c10-4-8-6-1-2-7(3-6)9(8)5-11;2*1-6-2-4-7(5-3-6)11(8,9)10/h1-2,6-11H,3-5H2;2*2-5H,1H3,(H,8,9,10). The van der Waals surface area contributed by atoms with Gasteiger partial charge in [-0.15, -0.1) is 0 Å². The van der Waals surface area contributed by atoms with Crippen molar-refractivity contribution in [1.82, 2.24) is 0 Å². The van der Waals surface area contributed by atoms with Crippen molar-refractivity contribution in [2.75, 3.05) is 13.2 Å². The number of benzene rings is 2. The van der Waals surface area contributed by atoms with Gasteiger partial charge in [0.25, 0.3) is 20.2 Å². The first-order chi connectivity index (χ1) is 15.4. The Hall–Kier alpha value is -2.08. The zero-order chi connectivity index (χ0) is 24.8. The fourth-order valence-corrected chi connectivity index (χ4v) is 4.95. The Kier molecular flexibility index (Phi) is 9.36. The molecule has 2 aliphatic rings. The summed E-state index contributed by atoms with van der Waals surface area (Å²) in [7, 11) is -8.04. The second kappa shape index (κ2) is 11.4. The van der Waals surface area contributed by atoms with Gasteiger partial charge in [0.2, 0.25) is 0 Å². The average Bonchev–Trinajstić information content (AvgIpc) is 3.35. The fourth-order valence-electron chi connectivity index (χ4n) is 3.99. The highest BCUT2D eigenvalue weighted by atomic mass is 32.2. The Bertz CT molecular complexity index is 1050. The number of hydrogen-bond donors (Lipinski definition) is 4. The normalized spacial score (nSPS) is 23.3. The molecule has 0 aromatic heterocycles. The van der Waals surface area contributed by atoms with E-state index in [9.17, 15) is 16.8 Å². The summed E-state index contributed by atoms with van der Waals surface area (Å²) in [6.07, 6.45) is 5.53. The van der Waals surface area contributed by atoms with Gasteiger partial charge in [0.15, 0.2) is 0 Å². The molecule has 2 bridgehead atoms. The van der Waals surface area contributed by atoms with E-state index >= 15 is 0 Å². The van der Waals surface area contributed by atoms with E-state index < -0.39 is 20.2 Å². The molecule has 0 spiro atoms. The van der Waals surface area contributed by atoms with E-state index in [2.05, 4.69) is 12.2 Å². The van der Waals surface area contributed by atoms with Gasteiger partial charge in [-0.05, 0) is 68.2 Å². The molecule has 4 atom stereocenters. The van der Waals surface area contributed by atoms with Crippen LogP contribution in [-0.2, 0) is 20.2 Å². The van der Waals surface area contributed by atoms with Gasteiger partial charge < -0.3 is 10.2 Å². The molecule has 33 heavy (non-hydrogen) atoms. The van der Waals surface area contributed by atoms with Gasteiger partial charge in [-0.1, -0.05) is 47.5 Å². The van der Waals surface area contributed by atoms with E-state index in [0.717, 1.165) is 17.5 Å². The van der Waals surface area contributed by atoms with Crippen LogP contribution in [0.25, 0.3) is 0 Å². The second-order valence-electron chi connectivity index (χ2n) is 8.22. The van der Waals surface area contributed by atoms with Crippen LogP contribution in [0.3, 0.4) is 0 Å². The van der Waals surface area contributed by atoms with Crippen molar-refractivity contribution in [3.05, 3.63) is 71.8 Å². The smallest absolute Gasteiger partial charge is 0.294 e. The Morgan fingerprint density at radius 1 is 0.667 bits per heavy atom. The van der Waals surface area contributed by atoms with Crippen LogP contribution < -0.4 is 0 Å². The van der Waals surface area contributed by atoms with Crippen molar-refractivity contribution in [1.29, 1.82) is 0 Å². The van der Waals surface area contributed by atoms with E-state index in [1.165, 1.54) is 24.3 Å². The molecular formula is C23H30O8S2. The maximum atomic E-state index is 10.5. The van der Waals surface area contributed by atoms with Gasteiger partial charge in [0, 0.05) is 13.2 Å². The van der Waals surface area contributed by atoms with Crippen molar-refractivity contribution in [2.24, 2.45) is 23.7 Å². The molecule has 1 fully saturated rings. The number of hydrogen-bond acceptors (Lipinski definition) is 6. The molecule has 2 aromatic carbocycles. The third kappa shape index (κ3) is 7.73. The second-order valence-corrected chi connectivity index (χ2v) is 11.1. The lowest BCUT2D eigenvalue weighted by Gasteiger charge is -2.23. The van der Waals surface area contributed by atoms with Crippen LogP contribution in [0.5, 0.6) is 0 Å². The summed E-state index contributed by atoms with van der Waals surface area (Å²) in [6.45, 7) is 4.15. The van der Waals surface area contributed by atoms with Crippen molar-refractivity contribution in [2.45, 2.75) is 30.1 Å². The highest BCUT2D eigenvalue weighted by molar-refractivity contribution is 7.86. The predicted molar refractivity (Wildman–Crippen MR) is 124 cm³/mol. The summed E-state index contributed by atoms with van der Waals surface area (Å²) in [5.74, 6) is 1.74. The molecule has 0 aliphatic heterocycles. The Morgan fingerprint density at radius 2 is 0.970 bits per heavy atom. The lowest BCUT2D eigenvalue weighted by atomic mass is 9.84. The van der Waals surface area contributed by atoms with Crippen molar-refractivity contribution in [3.8, 4) is 0 Å². The quantitative estimate of drug-likeness (QED) is 0.371. The van der Waals surface area contributed by atoms with Gasteiger partial charge in [-0.25, -0.2) is 0 Å². The zero-order valence-corrected chi connectivity index (χ0v) is 20.1. The van der Waals surface area contributed by atoms with Crippen LogP contribution in [0.4, 0.5) is 0 Å². The topological polar surface area (TPSA) is 149 Å². The Labute approximate surface area is 195 Å². The minimum atomic E-state index is -4.02. The first-order valence-electron chi connectivity index (χ1n) is 10.3. The molecule has 0 radical (unpaired) electrons. The number of rotatable bonds is 4. The van der Waals surface area contributed by atoms with E-state index in [1.807, 2.05) is 13.8 Å². The molecular weight excluding hydrogens is 468 g/mol. The lowest BCUT2D eigenvalue weighted by Crippen LogP contribution is -2.25. The Morgan fingerprint density at radius 3 is 1.21 bits per heavy atom. The summed E-state index contributed by atoms with van der Waals surface area (Å²) < 4.78 is 59.1. The van der Waals surface area contributed by atoms with E-state index in [0.29, 0.717) is 23.7 Å². The molecule has 0 heterocycles. The van der Waals surface area contributed by atoms with Crippen molar-refractivity contribution < 1.29 is 36.2 Å². The van der Waals surface area contributed by atoms with Gasteiger partial charge in [0.1, 0.15) is 0 Å². The van der Waals surface area contributed by atoms with Crippen molar-refractivity contribution >= 4 is 20.2 Å². The monoisotopic (exact) mass is 498 g/mol. The molecule has 8 nitrogen and oxygen atoms in total. The first kappa shape index (κ1) is 27.2. The maximum absolute atomic E-state index is 10.5. The fraction of sp³-hybridized carbons (Fsp3) is 0.391. The van der Waals surface area contributed by atoms with Crippen LogP contribution >= 0.6 is 0 Å². The molecule has 2 aliphatic carbocycles. The van der Waals surface area contributed by atoms with Crippen LogP contribution in [0, 0.1) is 37.5 Å². The van der Waals surface area contributed by atoms with E-state index in [-0.39, 0.29) is 23.0 Å². The number of allylic oxidation sites excluding steroid dienone is 2. The molecule has 2 aromatic rings. The van der Waals surface area contributed by atoms with Gasteiger partial charge in [0.05, 0.1) is 9.79 Å². The zero-order valence-electron chi connectivity index (χ0n) is 18.4. The van der Waals surface area contributed by atoms with E-state index in [1.54, 1.807) is 24.3 Å². The van der Waals surface area contributed by atoms with Gasteiger partial charge in [-0.3, -0.25) is 9.11 Å². The summed E-state index contributed by atoms with van der Waals surface area (Å²) in [6, 6.07) is 12.0. The van der Waals surface area contributed by atoms with Crippen LogP contribution in [-0.4, -0.2) is 49.4 Å². The molecule has 1 saturated carbocycles.